The molecular formula is C25H25N3O4. The Bertz CT molecular complexity index is 1110. The number of benzene rings is 3. The summed E-state index contributed by atoms with van der Waals surface area (Å²) in [5, 5.41) is 2.79. The first-order chi connectivity index (χ1) is 15.3. The lowest BCUT2D eigenvalue weighted by Crippen LogP contribution is -2.47. The van der Waals surface area contributed by atoms with E-state index in [0.717, 1.165) is 11.1 Å². The van der Waals surface area contributed by atoms with Gasteiger partial charge in [0, 0.05) is 16.8 Å². The smallest absolute Gasteiger partial charge is 0.279 e. The maximum atomic E-state index is 12.3. The molecule has 0 fully saturated rings. The zero-order valence-corrected chi connectivity index (χ0v) is 18.1. The van der Waals surface area contributed by atoms with E-state index in [4.69, 9.17) is 4.74 Å². The van der Waals surface area contributed by atoms with Gasteiger partial charge < -0.3 is 10.1 Å². The predicted octanol–water partition coefficient (Wildman–Crippen LogP) is 3.78. The van der Waals surface area contributed by atoms with Gasteiger partial charge in [0.05, 0.1) is 0 Å². The van der Waals surface area contributed by atoms with Crippen LogP contribution in [0.5, 0.6) is 5.75 Å². The van der Waals surface area contributed by atoms with Crippen molar-refractivity contribution in [3.05, 3.63) is 95.1 Å². The predicted molar refractivity (Wildman–Crippen MR) is 122 cm³/mol. The lowest BCUT2D eigenvalue weighted by molar-refractivity contribution is -0.128. The third kappa shape index (κ3) is 6.18. The number of hydrogen-bond acceptors (Lipinski definition) is 4. The average Bonchev–Trinajstić information content (AvgIpc) is 2.79. The van der Waals surface area contributed by atoms with E-state index in [-0.39, 0.29) is 5.91 Å². The van der Waals surface area contributed by atoms with Gasteiger partial charge in [0.25, 0.3) is 17.7 Å². The number of hydrazine groups is 1. The van der Waals surface area contributed by atoms with Gasteiger partial charge in [-0.1, -0.05) is 35.4 Å². The van der Waals surface area contributed by atoms with E-state index in [1.165, 1.54) is 0 Å². The van der Waals surface area contributed by atoms with E-state index >= 15 is 0 Å². The molecule has 7 heteroatoms. The summed E-state index contributed by atoms with van der Waals surface area (Å²) in [6.45, 7) is 5.46. The van der Waals surface area contributed by atoms with Crippen LogP contribution in [-0.2, 0) is 4.79 Å². The maximum absolute atomic E-state index is 12.3. The summed E-state index contributed by atoms with van der Waals surface area (Å²) in [4.78, 5) is 36.8. The van der Waals surface area contributed by atoms with Crippen LogP contribution in [-0.4, -0.2) is 23.8 Å². The molecular weight excluding hydrogens is 406 g/mol. The van der Waals surface area contributed by atoms with E-state index < -0.39 is 17.9 Å². The summed E-state index contributed by atoms with van der Waals surface area (Å²) >= 11 is 0. The third-order valence-electron chi connectivity index (χ3n) is 4.69. The number of rotatable bonds is 6. The molecule has 0 aliphatic carbocycles. The fourth-order valence-corrected chi connectivity index (χ4v) is 2.86. The number of ether oxygens (including phenoxy) is 1. The van der Waals surface area contributed by atoms with Gasteiger partial charge in [-0.25, -0.2) is 0 Å². The fourth-order valence-electron chi connectivity index (χ4n) is 2.86. The molecule has 0 spiro atoms. The SMILES string of the molecule is Cc1ccc(O[C@@H](C)C(=O)NNC(=O)c2ccc(NC(=O)c3cccc(C)c3)cc2)cc1. The molecule has 0 aromatic heterocycles. The normalized spacial score (nSPS) is 11.2. The second-order valence-electron chi connectivity index (χ2n) is 7.42. The van der Waals surface area contributed by atoms with Crippen molar-refractivity contribution in [2.75, 3.05) is 5.32 Å². The van der Waals surface area contributed by atoms with Gasteiger partial charge in [-0.05, 0) is 69.3 Å². The quantitative estimate of drug-likeness (QED) is 0.518. The number of aryl methyl sites for hydroxylation is 2. The molecule has 3 aromatic carbocycles. The van der Waals surface area contributed by atoms with Gasteiger partial charge in [0.2, 0.25) is 0 Å². The zero-order chi connectivity index (χ0) is 23.1. The minimum absolute atomic E-state index is 0.235. The number of carbonyl (C=O) groups is 3. The molecule has 0 saturated heterocycles. The molecule has 3 N–H and O–H groups in total. The van der Waals surface area contributed by atoms with Crippen molar-refractivity contribution in [1.29, 1.82) is 0 Å². The Balaban J connectivity index is 1.50. The third-order valence-corrected chi connectivity index (χ3v) is 4.69. The van der Waals surface area contributed by atoms with Gasteiger partial charge >= 0.3 is 0 Å². The number of anilines is 1. The highest BCUT2D eigenvalue weighted by molar-refractivity contribution is 6.04. The fraction of sp³-hybridized carbons (Fsp3) is 0.160. The molecule has 0 heterocycles. The minimum Gasteiger partial charge on any atom is -0.481 e. The number of nitrogens with one attached hydrogen (secondary N) is 3. The molecule has 1 atom stereocenters. The molecule has 0 aliphatic heterocycles. The molecule has 3 rings (SSSR count). The topological polar surface area (TPSA) is 96.5 Å². The van der Waals surface area contributed by atoms with Gasteiger partial charge in [-0.15, -0.1) is 0 Å². The summed E-state index contributed by atoms with van der Waals surface area (Å²) in [5.74, 6) is -0.646. The van der Waals surface area contributed by atoms with Crippen LogP contribution < -0.4 is 20.9 Å². The van der Waals surface area contributed by atoms with Crippen molar-refractivity contribution >= 4 is 23.4 Å². The molecule has 3 aromatic rings. The van der Waals surface area contributed by atoms with Crippen LogP contribution >= 0.6 is 0 Å². The van der Waals surface area contributed by atoms with Gasteiger partial charge in [0.15, 0.2) is 6.10 Å². The summed E-state index contributed by atoms with van der Waals surface area (Å²) in [7, 11) is 0. The molecule has 0 saturated carbocycles. The lowest BCUT2D eigenvalue weighted by atomic mass is 10.1. The molecule has 0 bridgehead atoms. The van der Waals surface area contributed by atoms with Gasteiger partial charge in [-0.2, -0.15) is 0 Å². The molecule has 0 unspecified atom stereocenters. The minimum atomic E-state index is -0.794. The molecule has 0 radical (unpaired) electrons. The van der Waals surface area contributed by atoms with Crippen molar-refractivity contribution in [1.82, 2.24) is 10.9 Å². The van der Waals surface area contributed by atoms with E-state index in [1.807, 2.05) is 38.1 Å². The summed E-state index contributed by atoms with van der Waals surface area (Å²) in [5.41, 5.74) is 8.22. The molecule has 3 amide bonds. The van der Waals surface area contributed by atoms with Gasteiger partial charge in [-0.3, -0.25) is 25.2 Å². The van der Waals surface area contributed by atoms with E-state index in [9.17, 15) is 14.4 Å². The van der Waals surface area contributed by atoms with E-state index in [2.05, 4.69) is 16.2 Å². The average molecular weight is 431 g/mol. The Morgan fingerprint density at radius 3 is 2.09 bits per heavy atom. The Morgan fingerprint density at radius 2 is 1.44 bits per heavy atom. The van der Waals surface area contributed by atoms with Crippen molar-refractivity contribution in [2.24, 2.45) is 0 Å². The first kappa shape index (κ1) is 22.6. The van der Waals surface area contributed by atoms with Crippen LogP contribution in [0.3, 0.4) is 0 Å². The first-order valence-corrected chi connectivity index (χ1v) is 10.1. The highest BCUT2D eigenvalue weighted by atomic mass is 16.5. The van der Waals surface area contributed by atoms with Crippen LogP contribution in [0.25, 0.3) is 0 Å². The highest BCUT2D eigenvalue weighted by Crippen LogP contribution is 2.14. The highest BCUT2D eigenvalue weighted by Gasteiger charge is 2.16. The van der Waals surface area contributed by atoms with Crippen molar-refractivity contribution in [3.63, 3.8) is 0 Å². The molecule has 0 aliphatic rings. The standard InChI is InChI=1S/C25H25N3O4/c1-16-7-13-22(14-8-16)32-18(3)23(29)27-28-25(31)19-9-11-21(12-10-19)26-24(30)20-6-4-5-17(2)15-20/h4-15,18H,1-3H3,(H,26,30)(H,27,29)(H,28,31)/t18-/m0/s1. The number of amides is 3. The van der Waals surface area contributed by atoms with Crippen molar-refractivity contribution in [2.45, 2.75) is 26.9 Å². The first-order valence-electron chi connectivity index (χ1n) is 10.1. The van der Waals surface area contributed by atoms with E-state index in [0.29, 0.717) is 22.6 Å². The Hall–Kier alpha value is -4.13. The van der Waals surface area contributed by atoms with Crippen LogP contribution in [0.1, 0.15) is 38.8 Å². The van der Waals surface area contributed by atoms with Crippen LogP contribution in [0.4, 0.5) is 5.69 Å². The van der Waals surface area contributed by atoms with Crippen LogP contribution in [0.15, 0.2) is 72.8 Å². The van der Waals surface area contributed by atoms with Crippen LogP contribution in [0, 0.1) is 13.8 Å². The molecule has 32 heavy (non-hydrogen) atoms. The number of hydrogen-bond donors (Lipinski definition) is 3. The van der Waals surface area contributed by atoms with Gasteiger partial charge in [0.1, 0.15) is 5.75 Å². The van der Waals surface area contributed by atoms with Crippen molar-refractivity contribution < 1.29 is 19.1 Å². The second kappa shape index (κ2) is 10.3. The van der Waals surface area contributed by atoms with Crippen LogP contribution in [0.2, 0.25) is 0 Å². The Labute approximate surface area is 186 Å². The summed E-state index contributed by atoms with van der Waals surface area (Å²) in [6, 6.07) is 20.9. The monoisotopic (exact) mass is 431 g/mol. The number of carbonyl (C=O) groups excluding carboxylic acids is 3. The largest absolute Gasteiger partial charge is 0.481 e. The molecule has 7 nitrogen and oxygen atoms in total. The zero-order valence-electron chi connectivity index (χ0n) is 18.1. The lowest BCUT2D eigenvalue weighted by Gasteiger charge is -2.15. The van der Waals surface area contributed by atoms with Crippen molar-refractivity contribution in [3.8, 4) is 5.75 Å². The summed E-state index contributed by atoms with van der Waals surface area (Å²) in [6.07, 6.45) is -0.794. The summed E-state index contributed by atoms with van der Waals surface area (Å²) < 4.78 is 5.56. The molecule has 164 valence electrons. The second-order valence-corrected chi connectivity index (χ2v) is 7.42. The Morgan fingerprint density at radius 1 is 0.750 bits per heavy atom. The Kier molecular flexibility index (Phi) is 7.23. The maximum Gasteiger partial charge on any atom is 0.279 e. The van der Waals surface area contributed by atoms with E-state index in [1.54, 1.807) is 55.5 Å².